The molecule has 0 bridgehead atoms. The molecular weight excluding hydrogens is 390 g/mol. The molecular formula is C21H23N3O4S. The van der Waals surface area contributed by atoms with E-state index >= 15 is 0 Å². The Hall–Kier alpha value is -2.97. The van der Waals surface area contributed by atoms with Gasteiger partial charge in [-0.15, -0.1) is 0 Å². The number of nitrogens with two attached hydrogens (primary N) is 1. The van der Waals surface area contributed by atoms with Crippen LogP contribution in [0.1, 0.15) is 18.4 Å². The van der Waals surface area contributed by atoms with Crippen LogP contribution in [0.3, 0.4) is 0 Å². The third kappa shape index (κ3) is 5.75. The van der Waals surface area contributed by atoms with Crippen molar-refractivity contribution in [2.75, 3.05) is 18.4 Å². The van der Waals surface area contributed by atoms with Crippen molar-refractivity contribution in [1.82, 2.24) is 4.90 Å². The Morgan fingerprint density at radius 3 is 2.41 bits per heavy atom. The molecule has 1 saturated heterocycles. The number of primary sulfonamides is 1. The molecule has 1 heterocycles. The predicted molar refractivity (Wildman–Crippen MR) is 111 cm³/mol. The van der Waals surface area contributed by atoms with Crippen LogP contribution >= 0.6 is 0 Å². The van der Waals surface area contributed by atoms with Crippen LogP contribution in [0, 0.1) is 5.92 Å². The lowest BCUT2D eigenvalue weighted by Gasteiger charge is -2.31. The fourth-order valence-corrected chi connectivity index (χ4v) is 3.71. The number of nitrogens with zero attached hydrogens (tertiary/aromatic N) is 1. The number of para-hydroxylation sites is 1. The molecule has 1 atom stereocenters. The highest BCUT2D eigenvalue weighted by Crippen LogP contribution is 2.19. The number of carbonyl (C=O) groups is 2. The van der Waals surface area contributed by atoms with Gasteiger partial charge in [0, 0.05) is 24.9 Å². The van der Waals surface area contributed by atoms with Crippen LogP contribution in [0.5, 0.6) is 0 Å². The van der Waals surface area contributed by atoms with Crippen molar-refractivity contribution in [3.05, 3.63) is 66.2 Å². The van der Waals surface area contributed by atoms with Crippen molar-refractivity contribution in [3.63, 3.8) is 0 Å². The van der Waals surface area contributed by atoms with E-state index in [1.54, 1.807) is 23.1 Å². The first-order valence-electron chi connectivity index (χ1n) is 9.29. The van der Waals surface area contributed by atoms with Crippen LogP contribution < -0.4 is 10.5 Å². The second kappa shape index (κ2) is 9.02. The van der Waals surface area contributed by atoms with Gasteiger partial charge < -0.3 is 10.2 Å². The van der Waals surface area contributed by atoms with Crippen LogP contribution in [-0.4, -0.2) is 38.2 Å². The summed E-state index contributed by atoms with van der Waals surface area (Å²) < 4.78 is 22.6. The summed E-state index contributed by atoms with van der Waals surface area (Å²) in [5.41, 5.74) is 1.42. The molecule has 152 valence electrons. The molecule has 2 aromatic rings. The van der Waals surface area contributed by atoms with Gasteiger partial charge in [0.1, 0.15) is 0 Å². The van der Waals surface area contributed by atoms with E-state index in [-0.39, 0.29) is 22.6 Å². The van der Waals surface area contributed by atoms with Gasteiger partial charge in [-0.3, -0.25) is 9.59 Å². The SMILES string of the molecule is NS(=O)(=O)c1ccc(C=CC(=O)N2CCCC(C(=O)Nc3ccccc3)C2)cc1. The standard InChI is InChI=1S/C21H23N3O4S/c22-29(27,28)19-11-8-16(9-12-19)10-13-20(25)24-14-4-5-17(15-24)21(26)23-18-6-2-1-3-7-18/h1-3,6-13,17H,4-5,14-15H2,(H,23,26)(H2,22,27,28). The lowest BCUT2D eigenvalue weighted by atomic mass is 9.97. The summed E-state index contributed by atoms with van der Waals surface area (Å²) >= 11 is 0. The van der Waals surface area contributed by atoms with Crippen LogP contribution in [0.15, 0.2) is 65.6 Å². The van der Waals surface area contributed by atoms with E-state index in [9.17, 15) is 18.0 Å². The lowest BCUT2D eigenvalue weighted by molar-refractivity contribution is -0.130. The minimum atomic E-state index is -3.74. The summed E-state index contributed by atoms with van der Waals surface area (Å²) in [6.07, 6.45) is 4.54. The van der Waals surface area contributed by atoms with Crippen LogP contribution in [-0.2, 0) is 19.6 Å². The maximum Gasteiger partial charge on any atom is 0.246 e. The van der Waals surface area contributed by atoms with E-state index in [2.05, 4.69) is 5.32 Å². The molecule has 1 aliphatic rings. The number of amides is 2. The maximum atomic E-state index is 12.5. The van der Waals surface area contributed by atoms with Crippen molar-refractivity contribution < 1.29 is 18.0 Å². The lowest BCUT2D eigenvalue weighted by Crippen LogP contribution is -2.43. The normalized spacial score (nSPS) is 17.3. The third-order valence-electron chi connectivity index (χ3n) is 4.77. The summed E-state index contributed by atoms with van der Waals surface area (Å²) in [5.74, 6) is -0.524. The monoisotopic (exact) mass is 413 g/mol. The van der Waals surface area contributed by atoms with E-state index in [4.69, 9.17) is 5.14 Å². The van der Waals surface area contributed by atoms with Gasteiger partial charge in [-0.1, -0.05) is 30.3 Å². The van der Waals surface area contributed by atoms with Gasteiger partial charge in [0.2, 0.25) is 21.8 Å². The zero-order chi connectivity index (χ0) is 20.9. The number of sulfonamides is 1. The number of carbonyl (C=O) groups excluding carboxylic acids is 2. The molecule has 2 aromatic carbocycles. The molecule has 1 unspecified atom stereocenters. The number of hydrogen-bond donors (Lipinski definition) is 2. The highest BCUT2D eigenvalue weighted by atomic mass is 32.2. The van der Waals surface area contributed by atoms with Gasteiger partial charge in [0.25, 0.3) is 0 Å². The summed E-state index contributed by atoms with van der Waals surface area (Å²) in [4.78, 5) is 26.7. The summed E-state index contributed by atoms with van der Waals surface area (Å²) in [7, 11) is -3.74. The molecule has 1 fully saturated rings. The molecule has 0 saturated carbocycles. The van der Waals surface area contributed by atoms with Crippen LogP contribution in [0.25, 0.3) is 6.08 Å². The van der Waals surface area contributed by atoms with E-state index < -0.39 is 10.0 Å². The third-order valence-corrected chi connectivity index (χ3v) is 5.70. The fourth-order valence-electron chi connectivity index (χ4n) is 3.20. The average Bonchev–Trinajstić information content (AvgIpc) is 2.72. The Morgan fingerprint density at radius 1 is 1.07 bits per heavy atom. The van der Waals surface area contributed by atoms with E-state index in [0.717, 1.165) is 18.5 Å². The number of anilines is 1. The number of rotatable bonds is 5. The average molecular weight is 413 g/mol. The number of likely N-dealkylation sites (tertiary alicyclic amines) is 1. The van der Waals surface area contributed by atoms with Gasteiger partial charge in [-0.05, 0) is 48.7 Å². The first-order chi connectivity index (χ1) is 13.8. The minimum absolute atomic E-state index is 0.0178. The molecule has 0 radical (unpaired) electrons. The predicted octanol–water partition coefficient (Wildman–Crippen LogP) is 2.22. The topological polar surface area (TPSA) is 110 Å². The quantitative estimate of drug-likeness (QED) is 0.733. The highest BCUT2D eigenvalue weighted by molar-refractivity contribution is 7.89. The molecule has 0 aromatic heterocycles. The number of hydrogen-bond acceptors (Lipinski definition) is 4. The van der Waals surface area contributed by atoms with Crippen molar-refractivity contribution in [1.29, 1.82) is 0 Å². The molecule has 0 spiro atoms. The summed E-state index contributed by atoms with van der Waals surface area (Å²) in [5, 5.41) is 7.97. The second-order valence-corrected chi connectivity index (χ2v) is 8.49. The Bertz CT molecular complexity index is 1000. The number of benzene rings is 2. The second-order valence-electron chi connectivity index (χ2n) is 6.93. The van der Waals surface area contributed by atoms with Crippen molar-refractivity contribution >= 4 is 33.6 Å². The Labute approximate surface area is 170 Å². The maximum absolute atomic E-state index is 12.5. The molecule has 2 amide bonds. The molecule has 1 aliphatic heterocycles. The molecule has 3 rings (SSSR count). The largest absolute Gasteiger partial charge is 0.338 e. The zero-order valence-electron chi connectivity index (χ0n) is 15.8. The Morgan fingerprint density at radius 2 is 1.76 bits per heavy atom. The minimum Gasteiger partial charge on any atom is -0.338 e. The van der Waals surface area contributed by atoms with Crippen molar-refractivity contribution in [2.45, 2.75) is 17.7 Å². The smallest absolute Gasteiger partial charge is 0.246 e. The van der Waals surface area contributed by atoms with Gasteiger partial charge in [-0.2, -0.15) is 0 Å². The summed E-state index contributed by atoms with van der Waals surface area (Å²) in [6.45, 7) is 0.967. The van der Waals surface area contributed by atoms with Gasteiger partial charge in [0.05, 0.1) is 10.8 Å². The van der Waals surface area contributed by atoms with Gasteiger partial charge in [-0.25, -0.2) is 13.6 Å². The van der Waals surface area contributed by atoms with Gasteiger partial charge >= 0.3 is 0 Å². The number of nitrogens with one attached hydrogen (secondary N) is 1. The van der Waals surface area contributed by atoms with Crippen LogP contribution in [0.4, 0.5) is 5.69 Å². The van der Waals surface area contributed by atoms with E-state index in [0.29, 0.717) is 18.7 Å². The van der Waals surface area contributed by atoms with E-state index in [1.807, 2.05) is 30.3 Å². The zero-order valence-corrected chi connectivity index (χ0v) is 16.6. The first kappa shape index (κ1) is 20.8. The molecule has 8 heteroatoms. The fraction of sp³-hybridized carbons (Fsp3) is 0.238. The van der Waals surface area contributed by atoms with Crippen molar-refractivity contribution in [3.8, 4) is 0 Å². The Balaban J connectivity index is 1.59. The highest BCUT2D eigenvalue weighted by Gasteiger charge is 2.27. The molecule has 3 N–H and O–H groups in total. The van der Waals surface area contributed by atoms with Crippen LogP contribution in [0.2, 0.25) is 0 Å². The molecule has 0 aliphatic carbocycles. The first-order valence-corrected chi connectivity index (χ1v) is 10.8. The molecule has 29 heavy (non-hydrogen) atoms. The summed E-state index contributed by atoms with van der Waals surface area (Å²) in [6, 6.07) is 15.2. The number of piperidine rings is 1. The Kier molecular flexibility index (Phi) is 6.46. The van der Waals surface area contributed by atoms with Crippen molar-refractivity contribution in [2.24, 2.45) is 11.1 Å². The molecule has 7 nitrogen and oxygen atoms in total. The van der Waals surface area contributed by atoms with Gasteiger partial charge in [0.15, 0.2) is 0 Å². The van der Waals surface area contributed by atoms with E-state index in [1.165, 1.54) is 18.2 Å².